The Morgan fingerprint density at radius 1 is 0.981 bits per heavy atom. The molecule has 9 nitrogen and oxygen atoms in total. The number of amides is 1. The summed E-state index contributed by atoms with van der Waals surface area (Å²) < 4.78 is 43.9. The second-order valence-electron chi connectivity index (χ2n) is 13.7. The lowest BCUT2D eigenvalue weighted by Crippen LogP contribution is -2.44. The summed E-state index contributed by atoms with van der Waals surface area (Å²) in [5, 5.41) is 7.16. The summed E-state index contributed by atoms with van der Waals surface area (Å²) in [6.45, 7) is 3.77. The summed E-state index contributed by atoms with van der Waals surface area (Å²) in [5.41, 5.74) is 2.39. The van der Waals surface area contributed by atoms with Crippen LogP contribution in [0.15, 0.2) is 89.9 Å². The number of piperidine rings is 2. The molecule has 7 rings (SSSR count). The number of fused-ring (bicyclic) bond motifs is 1. The van der Waals surface area contributed by atoms with Gasteiger partial charge in [-0.25, -0.2) is 4.98 Å². The summed E-state index contributed by atoms with van der Waals surface area (Å²) in [6, 6.07) is 22.5. The Bertz CT molecular complexity index is 2130. The average Bonchev–Trinajstić information content (AvgIpc) is 3.16. The minimum Gasteiger partial charge on any atom is -0.370 e. The molecule has 0 radical (unpaired) electrons. The minimum atomic E-state index is -4.62. The highest BCUT2D eigenvalue weighted by atomic mass is 19.4. The summed E-state index contributed by atoms with van der Waals surface area (Å²) in [7, 11) is 2.09. The molecule has 4 heterocycles. The first-order valence-corrected chi connectivity index (χ1v) is 17.8. The zero-order valence-corrected chi connectivity index (χ0v) is 29.3. The number of alkyl halides is 3. The molecular formula is C40H42F3N7O2. The van der Waals surface area contributed by atoms with Crippen LogP contribution in [0.2, 0.25) is 0 Å². The van der Waals surface area contributed by atoms with E-state index in [9.17, 15) is 22.8 Å². The quantitative estimate of drug-likeness (QED) is 0.172. The van der Waals surface area contributed by atoms with Gasteiger partial charge in [-0.2, -0.15) is 18.2 Å². The van der Waals surface area contributed by atoms with Crippen LogP contribution in [-0.4, -0.2) is 58.1 Å². The molecular weight excluding hydrogens is 667 g/mol. The molecule has 270 valence electrons. The van der Waals surface area contributed by atoms with E-state index in [1.165, 1.54) is 22.8 Å². The summed E-state index contributed by atoms with van der Waals surface area (Å²) in [4.78, 5) is 40.7. The molecule has 12 heteroatoms. The Balaban J connectivity index is 1.30. The first-order chi connectivity index (χ1) is 25.1. The van der Waals surface area contributed by atoms with Crippen molar-refractivity contribution in [2.24, 2.45) is 0 Å². The maximum Gasteiger partial charge on any atom is 0.416 e. The molecule has 2 unspecified atom stereocenters. The van der Waals surface area contributed by atoms with Gasteiger partial charge in [-0.3, -0.25) is 14.2 Å². The third-order valence-electron chi connectivity index (χ3n) is 10.3. The second kappa shape index (κ2) is 14.8. The van der Waals surface area contributed by atoms with Crippen LogP contribution in [-0.2, 0) is 17.5 Å². The normalized spacial score (nSPS) is 18.0. The van der Waals surface area contributed by atoms with Crippen LogP contribution in [0, 0.1) is 0 Å². The highest BCUT2D eigenvalue weighted by Crippen LogP contribution is 2.37. The van der Waals surface area contributed by atoms with E-state index in [0.29, 0.717) is 29.1 Å². The number of benzene rings is 3. The van der Waals surface area contributed by atoms with Gasteiger partial charge in [-0.05, 0) is 91.7 Å². The molecule has 2 fully saturated rings. The molecule has 2 saturated heterocycles. The lowest BCUT2D eigenvalue weighted by Gasteiger charge is -2.36. The molecule has 5 aromatic rings. The molecule has 0 bridgehead atoms. The third kappa shape index (κ3) is 7.25. The van der Waals surface area contributed by atoms with Crippen molar-refractivity contribution < 1.29 is 18.0 Å². The van der Waals surface area contributed by atoms with Crippen LogP contribution in [0.3, 0.4) is 0 Å². The van der Waals surface area contributed by atoms with E-state index in [2.05, 4.69) is 27.6 Å². The largest absolute Gasteiger partial charge is 0.416 e. The Labute approximate surface area is 300 Å². The molecule has 2 aromatic heterocycles. The first kappa shape index (κ1) is 35.2. The van der Waals surface area contributed by atoms with Crippen molar-refractivity contribution in [3.05, 3.63) is 112 Å². The average molecular weight is 710 g/mol. The second-order valence-corrected chi connectivity index (χ2v) is 13.7. The number of anilines is 3. The molecule has 52 heavy (non-hydrogen) atoms. The van der Waals surface area contributed by atoms with Crippen molar-refractivity contribution in [1.82, 2.24) is 24.8 Å². The lowest BCUT2D eigenvalue weighted by molar-refractivity contribution is -0.138. The van der Waals surface area contributed by atoms with E-state index < -0.39 is 17.3 Å². The minimum absolute atomic E-state index is 0.0456. The molecule has 2 N–H and O–H groups in total. The predicted octanol–water partition coefficient (Wildman–Crippen LogP) is 7.53. The molecule has 0 saturated carbocycles. The Hall–Kier alpha value is -5.23. The third-order valence-corrected chi connectivity index (χ3v) is 10.3. The van der Waals surface area contributed by atoms with Crippen molar-refractivity contribution in [2.75, 3.05) is 36.9 Å². The molecule has 1 amide bonds. The van der Waals surface area contributed by atoms with Crippen LogP contribution in [0.5, 0.6) is 0 Å². The van der Waals surface area contributed by atoms with Gasteiger partial charge in [0.2, 0.25) is 11.9 Å². The van der Waals surface area contributed by atoms with Gasteiger partial charge in [0, 0.05) is 61.6 Å². The number of likely N-dealkylation sites (tertiary alicyclic amines) is 1. The van der Waals surface area contributed by atoms with Gasteiger partial charge in [-0.1, -0.05) is 42.5 Å². The van der Waals surface area contributed by atoms with Gasteiger partial charge in [0.1, 0.15) is 5.65 Å². The zero-order chi connectivity index (χ0) is 36.4. The van der Waals surface area contributed by atoms with Crippen molar-refractivity contribution in [3.63, 3.8) is 0 Å². The van der Waals surface area contributed by atoms with Crippen molar-refractivity contribution in [2.45, 2.75) is 63.8 Å². The number of hydrogen-bond acceptors (Lipinski definition) is 7. The fourth-order valence-corrected chi connectivity index (χ4v) is 7.61. The van der Waals surface area contributed by atoms with Gasteiger partial charge >= 0.3 is 6.18 Å². The van der Waals surface area contributed by atoms with Gasteiger partial charge in [0.25, 0.3) is 5.56 Å². The number of likely N-dealkylation sites (N-methyl/N-ethyl adjacent to an activating group) is 1. The lowest BCUT2D eigenvalue weighted by atomic mass is 9.89. The molecule has 2 aliphatic rings. The SMILES string of the molecule is CC(=O)N1CCCCC1c1ccccc1-c1cc2cnc(Nc3ccc(N(C)C4CCCNC4)cc3)nc2n(Cc2ccccc2C(F)(F)F)c1=O. The van der Waals surface area contributed by atoms with Gasteiger partial charge < -0.3 is 20.4 Å². The number of pyridine rings is 1. The maximum atomic E-state index is 14.6. The van der Waals surface area contributed by atoms with Crippen LogP contribution in [0.4, 0.5) is 30.5 Å². The number of halogens is 3. The summed E-state index contributed by atoms with van der Waals surface area (Å²) in [5.74, 6) is 0.158. The summed E-state index contributed by atoms with van der Waals surface area (Å²) in [6.07, 6.45) is 1.79. The van der Waals surface area contributed by atoms with Crippen LogP contribution < -0.4 is 21.1 Å². The fraction of sp³-hybridized carbons (Fsp3) is 0.350. The number of carbonyl (C=O) groups excluding carboxylic acids is 1. The molecule has 2 aliphatic heterocycles. The monoisotopic (exact) mass is 709 g/mol. The van der Waals surface area contributed by atoms with E-state index in [1.54, 1.807) is 19.2 Å². The van der Waals surface area contributed by atoms with Crippen LogP contribution in [0.25, 0.3) is 22.2 Å². The molecule has 0 aliphatic carbocycles. The van der Waals surface area contributed by atoms with Crippen molar-refractivity contribution >= 4 is 34.3 Å². The highest BCUT2D eigenvalue weighted by molar-refractivity contribution is 5.83. The van der Waals surface area contributed by atoms with Crippen LogP contribution >= 0.6 is 0 Å². The van der Waals surface area contributed by atoms with Crippen molar-refractivity contribution in [3.8, 4) is 11.1 Å². The number of carbonyl (C=O) groups is 1. The van der Waals surface area contributed by atoms with Crippen molar-refractivity contribution in [1.29, 1.82) is 0 Å². The molecule has 2 atom stereocenters. The van der Waals surface area contributed by atoms with Gasteiger partial charge in [0.05, 0.1) is 18.2 Å². The van der Waals surface area contributed by atoms with E-state index in [0.717, 1.165) is 68.2 Å². The Morgan fingerprint density at radius 2 is 1.75 bits per heavy atom. The van der Waals surface area contributed by atoms with Gasteiger partial charge in [-0.15, -0.1) is 0 Å². The molecule has 3 aromatic carbocycles. The summed E-state index contributed by atoms with van der Waals surface area (Å²) >= 11 is 0. The van der Waals surface area contributed by atoms with Crippen LogP contribution in [0.1, 0.15) is 61.8 Å². The highest BCUT2D eigenvalue weighted by Gasteiger charge is 2.34. The Kier molecular flexibility index (Phi) is 10.0. The van der Waals surface area contributed by atoms with E-state index in [1.807, 2.05) is 53.4 Å². The fourth-order valence-electron chi connectivity index (χ4n) is 7.61. The maximum absolute atomic E-state index is 14.6. The number of nitrogens with zero attached hydrogens (tertiary/aromatic N) is 5. The van der Waals surface area contributed by atoms with E-state index in [4.69, 9.17) is 4.98 Å². The predicted molar refractivity (Wildman–Crippen MR) is 198 cm³/mol. The molecule has 0 spiro atoms. The van der Waals surface area contributed by atoms with Gasteiger partial charge in [0.15, 0.2) is 0 Å². The smallest absolute Gasteiger partial charge is 0.370 e. The van der Waals surface area contributed by atoms with E-state index >= 15 is 0 Å². The number of hydrogen-bond donors (Lipinski definition) is 2. The number of nitrogens with one attached hydrogen (secondary N) is 2. The topological polar surface area (TPSA) is 95.4 Å². The number of aromatic nitrogens is 3. The Morgan fingerprint density at radius 3 is 2.50 bits per heavy atom. The first-order valence-electron chi connectivity index (χ1n) is 17.8. The standard InChI is InChI=1S/C40H42F3N7O2/c1-26(51)49-21-8-7-15-36(49)33-13-5-4-12-32(33)34-22-28-23-45-39(46-29-16-18-30(19-17-29)48(2)31-11-9-20-44-24-31)47-37(28)50(38(34)52)25-27-10-3-6-14-35(27)40(41,42)43/h3-6,10,12-14,16-19,22-23,31,36,44H,7-9,11,15,20-21,24-25H2,1-2H3,(H,45,46,47). The van der Waals surface area contributed by atoms with E-state index in [-0.39, 0.29) is 35.7 Å². The number of rotatable bonds is 8. The zero-order valence-electron chi connectivity index (χ0n) is 29.3.